The van der Waals surface area contributed by atoms with Crippen molar-refractivity contribution in [3.8, 4) is 0 Å². The number of aliphatic hydroxyl groups is 1. The maximum atomic E-state index is 12.6. The SMILES string of the molecule is C.C.O=S(=O)(OCC12CC3CC(C1)CC(c1ccccc1)(C3)C2)C(F)(F)F.OC[C@H]1CO1.c1ccc(C23CC4CC(CC(COC[C@@H]5CO5)(C4)C2)C3)cc1. The lowest BCUT2D eigenvalue weighted by Crippen LogP contribution is -2.55. The molecular weight excluding hydrogens is 718 g/mol. The van der Waals surface area contributed by atoms with Crippen molar-refractivity contribution >= 4 is 10.1 Å². The lowest BCUT2D eigenvalue weighted by atomic mass is 9.43. The lowest BCUT2D eigenvalue weighted by molar-refractivity contribution is -0.111. The van der Waals surface area contributed by atoms with E-state index in [-0.39, 0.29) is 39.6 Å². The highest BCUT2D eigenvalue weighted by molar-refractivity contribution is 7.87. The summed E-state index contributed by atoms with van der Waals surface area (Å²) in [6.07, 6.45) is 14.5. The van der Waals surface area contributed by atoms with Gasteiger partial charge in [-0.3, -0.25) is 4.18 Å². The summed E-state index contributed by atoms with van der Waals surface area (Å²) in [6.45, 7) is 3.29. The van der Waals surface area contributed by atoms with Crippen LogP contribution in [0.15, 0.2) is 60.7 Å². The van der Waals surface area contributed by atoms with E-state index in [1.807, 2.05) is 18.2 Å². The molecular formula is C43H61F3O7S. The molecule has 10 aliphatic rings. The van der Waals surface area contributed by atoms with E-state index in [0.29, 0.717) is 35.2 Å². The Morgan fingerprint density at radius 3 is 1.43 bits per heavy atom. The van der Waals surface area contributed by atoms with Crippen LogP contribution < -0.4 is 0 Å². The molecule has 8 aliphatic carbocycles. The highest BCUT2D eigenvalue weighted by atomic mass is 32.2. The van der Waals surface area contributed by atoms with Crippen molar-refractivity contribution in [3.63, 3.8) is 0 Å². The summed E-state index contributed by atoms with van der Waals surface area (Å²) in [5.41, 5.74) is -2.13. The van der Waals surface area contributed by atoms with Crippen LogP contribution in [-0.2, 0) is 39.3 Å². The minimum absolute atomic E-state index is 0. The van der Waals surface area contributed by atoms with Crippen molar-refractivity contribution in [2.45, 2.75) is 120 Å². The number of ether oxygens (including phenoxy) is 3. The molecule has 0 radical (unpaired) electrons. The Bertz CT molecular complexity index is 1620. The van der Waals surface area contributed by atoms with Crippen LogP contribution in [0.4, 0.5) is 13.2 Å². The van der Waals surface area contributed by atoms with Crippen molar-refractivity contribution in [1.29, 1.82) is 0 Å². The second kappa shape index (κ2) is 15.7. The third-order valence-electron chi connectivity index (χ3n) is 13.7. The Balaban J connectivity index is 0.000000158. The Hall–Kier alpha value is -2.02. The van der Waals surface area contributed by atoms with Gasteiger partial charge in [-0.15, -0.1) is 0 Å². The molecule has 4 unspecified atom stereocenters. The second-order valence-electron chi connectivity index (χ2n) is 18.0. The minimum Gasteiger partial charge on any atom is -0.394 e. The minimum atomic E-state index is -5.53. The normalized spacial score (nSPS) is 38.9. The van der Waals surface area contributed by atoms with Gasteiger partial charge in [0.25, 0.3) is 0 Å². The van der Waals surface area contributed by atoms with Gasteiger partial charge in [0, 0.05) is 0 Å². The average Bonchev–Trinajstić information content (AvgIpc) is 4.04. The van der Waals surface area contributed by atoms with Gasteiger partial charge < -0.3 is 19.3 Å². The largest absolute Gasteiger partial charge is 0.523 e. The number of epoxide rings is 2. The number of halogens is 3. The first-order chi connectivity index (χ1) is 24.8. The molecule has 2 heterocycles. The van der Waals surface area contributed by atoms with E-state index in [2.05, 4.69) is 51.4 Å². The fraction of sp³-hybridized carbons (Fsp3) is 0.721. The highest BCUT2D eigenvalue weighted by Crippen LogP contribution is 2.67. The molecule has 7 nitrogen and oxygen atoms in total. The van der Waals surface area contributed by atoms with Gasteiger partial charge in [0.05, 0.1) is 39.6 Å². The summed E-state index contributed by atoms with van der Waals surface area (Å²) in [6, 6.07) is 21.5. The zero-order valence-corrected chi connectivity index (χ0v) is 30.7. The van der Waals surface area contributed by atoms with E-state index in [4.69, 9.17) is 14.6 Å². The third-order valence-corrected chi connectivity index (χ3v) is 14.7. The zero-order chi connectivity index (χ0) is 36.2. The number of alkyl halides is 3. The van der Waals surface area contributed by atoms with E-state index in [1.54, 1.807) is 5.56 Å². The molecule has 10 fully saturated rings. The molecule has 2 aliphatic heterocycles. The molecule has 0 amide bonds. The fourth-order valence-electron chi connectivity index (χ4n) is 12.5. The Labute approximate surface area is 320 Å². The quantitative estimate of drug-likeness (QED) is 0.146. The summed E-state index contributed by atoms with van der Waals surface area (Å²) >= 11 is 0. The molecule has 54 heavy (non-hydrogen) atoms. The summed E-state index contributed by atoms with van der Waals surface area (Å²) < 4.78 is 81.1. The molecule has 0 spiro atoms. The van der Waals surface area contributed by atoms with E-state index in [1.165, 1.54) is 44.1 Å². The molecule has 8 bridgehead atoms. The maximum Gasteiger partial charge on any atom is 0.523 e. The van der Waals surface area contributed by atoms with Gasteiger partial charge in [-0.1, -0.05) is 75.5 Å². The van der Waals surface area contributed by atoms with Crippen LogP contribution in [0.25, 0.3) is 0 Å². The Morgan fingerprint density at radius 1 is 0.667 bits per heavy atom. The zero-order valence-electron chi connectivity index (χ0n) is 29.9. The number of hydrogen-bond donors (Lipinski definition) is 1. The molecule has 0 aromatic heterocycles. The van der Waals surface area contributed by atoms with Crippen LogP contribution in [-0.4, -0.2) is 70.9 Å². The standard InChI is InChI=1S/C20H26O2.C18H21F3O3S.C3H6O2.2CH4/c1-2-4-17(5-3-1)20-9-15-6-16(10-20)8-19(7-15,13-20)14-21-11-18-12-22-18;19-18(20,21)25(22,23)24-12-16-7-13-6-14(8-16)10-17(9-13,11-16)15-4-2-1-3-5-15;4-1-3-2-5-3;;/h1-5,15-16,18H,6-14H2;1-5,13-14H,6-12H2;3-4H,1-2H2;2*1H4/t15?,16?,18-,19?,20?;;3-;;/m1.0../s1. The third kappa shape index (κ3) is 8.76. The van der Waals surface area contributed by atoms with E-state index < -0.39 is 21.0 Å². The van der Waals surface area contributed by atoms with Crippen molar-refractivity contribution in [2.24, 2.45) is 34.5 Å². The first-order valence-corrected chi connectivity index (χ1v) is 20.7. The van der Waals surface area contributed by atoms with Crippen LogP contribution in [0, 0.1) is 34.5 Å². The smallest absolute Gasteiger partial charge is 0.394 e. The Morgan fingerprint density at radius 2 is 1.07 bits per heavy atom. The molecule has 6 atom stereocenters. The number of hydrogen-bond acceptors (Lipinski definition) is 7. The van der Waals surface area contributed by atoms with Gasteiger partial charge in [-0.25, -0.2) is 0 Å². The molecule has 1 N–H and O–H groups in total. The molecule has 2 aromatic carbocycles. The highest BCUT2D eigenvalue weighted by Gasteiger charge is 2.60. The van der Waals surface area contributed by atoms with Gasteiger partial charge in [0.15, 0.2) is 0 Å². The summed E-state index contributed by atoms with van der Waals surface area (Å²) in [5, 5.41) is 8.08. The number of rotatable bonds is 10. The van der Waals surface area contributed by atoms with Crippen LogP contribution in [0.1, 0.15) is 103 Å². The van der Waals surface area contributed by atoms with Gasteiger partial charge in [-0.2, -0.15) is 21.6 Å². The van der Waals surface area contributed by atoms with Gasteiger partial charge in [0.2, 0.25) is 0 Å². The number of benzene rings is 2. The van der Waals surface area contributed by atoms with Crippen LogP contribution in [0.3, 0.4) is 0 Å². The van der Waals surface area contributed by atoms with Gasteiger partial charge >= 0.3 is 15.6 Å². The van der Waals surface area contributed by atoms with Crippen LogP contribution in [0.2, 0.25) is 0 Å². The first-order valence-electron chi connectivity index (χ1n) is 19.3. The van der Waals surface area contributed by atoms with E-state index in [9.17, 15) is 21.6 Å². The van der Waals surface area contributed by atoms with Gasteiger partial charge in [-0.05, 0) is 134 Å². The van der Waals surface area contributed by atoms with Crippen LogP contribution >= 0.6 is 0 Å². The van der Waals surface area contributed by atoms with Crippen LogP contribution in [0.5, 0.6) is 0 Å². The topological polar surface area (TPSA) is 97.9 Å². The molecule has 2 aromatic rings. The molecule has 8 saturated carbocycles. The van der Waals surface area contributed by atoms with E-state index >= 15 is 0 Å². The Kier molecular flexibility index (Phi) is 12.1. The summed E-state index contributed by atoms with van der Waals surface area (Å²) in [7, 11) is -5.53. The molecule has 11 heteroatoms. The first kappa shape index (κ1) is 41.6. The predicted octanol–water partition coefficient (Wildman–Crippen LogP) is 8.98. The summed E-state index contributed by atoms with van der Waals surface area (Å²) in [4.78, 5) is 0. The van der Waals surface area contributed by atoms with Gasteiger partial charge in [0.1, 0.15) is 12.2 Å². The molecule has 2 saturated heterocycles. The maximum absolute atomic E-state index is 12.6. The summed E-state index contributed by atoms with van der Waals surface area (Å²) in [5.74, 6) is 2.75. The molecule has 302 valence electrons. The van der Waals surface area contributed by atoms with Crippen molar-refractivity contribution in [1.82, 2.24) is 0 Å². The fourth-order valence-corrected chi connectivity index (χ4v) is 13.1. The lowest BCUT2D eigenvalue weighted by Gasteiger charge is -2.62. The number of aliphatic hydroxyl groups excluding tert-OH is 1. The van der Waals surface area contributed by atoms with E-state index in [0.717, 1.165) is 70.4 Å². The van der Waals surface area contributed by atoms with Crippen molar-refractivity contribution in [3.05, 3.63) is 71.8 Å². The predicted molar refractivity (Wildman–Crippen MR) is 202 cm³/mol. The van der Waals surface area contributed by atoms with Crippen molar-refractivity contribution in [2.75, 3.05) is 39.6 Å². The average molecular weight is 779 g/mol. The van der Waals surface area contributed by atoms with Crippen molar-refractivity contribution < 1.29 is 45.1 Å². The monoisotopic (exact) mass is 778 g/mol. The molecule has 12 rings (SSSR count). The second-order valence-corrected chi connectivity index (χ2v) is 19.6.